The number of amides is 1. The van der Waals surface area contributed by atoms with Gasteiger partial charge in [0.25, 0.3) is 5.91 Å². The lowest BCUT2D eigenvalue weighted by Gasteiger charge is -2.28. The number of pyridine rings is 1. The van der Waals surface area contributed by atoms with Gasteiger partial charge in [-0.05, 0) is 38.1 Å². The van der Waals surface area contributed by atoms with Crippen molar-refractivity contribution in [1.29, 1.82) is 0 Å². The molecule has 4 rings (SSSR count). The van der Waals surface area contributed by atoms with Crippen LogP contribution in [0.25, 0.3) is 11.3 Å². The first-order valence-electron chi connectivity index (χ1n) is 9.36. The Hall–Kier alpha value is -3.22. The van der Waals surface area contributed by atoms with Gasteiger partial charge < -0.3 is 10.2 Å². The molecule has 2 aromatic heterocycles. The molecule has 1 amide bonds. The van der Waals surface area contributed by atoms with E-state index >= 15 is 0 Å². The smallest absolute Gasteiger partial charge is 0.251 e. The van der Waals surface area contributed by atoms with E-state index in [2.05, 4.69) is 25.4 Å². The molecule has 7 heteroatoms. The van der Waals surface area contributed by atoms with Crippen LogP contribution in [-0.2, 0) is 13.0 Å². The maximum absolute atomic E-state index is 14.3. The molecule has 28 heavy (non-hydrogen) atoms. The van der Waals surface area contributed by atoms with Gasteiger partial charge in [-0.15, -0.1) is 0 Å². The van der Waals surface area contributed by atoms with Gasteiger partial charge in [0.05, 0.1) is 0 Å². The third-order valence-corrected chi connectivity index (χ3v) is 4.81. The Morgan fingerprint density at radius 2 is 2.11 bits per heavy atom. The van der Waals surface area contributed by atoms with E-state index in [9.17, 15) is 9.18 Å². The maximum atomic E-state index is 14.3. The molecule has 0 atom stereocenters. The summed E-state index contributed by atoms with van der Waals surface area (Å²) in [6.45, 7) is 5.15. The van der Waals surface area contributed by atoms with Gasteiger partial charge in [0.2, 0.25) is 0 Å². The lowest BCUT2D eigenvalue weighted by Crippen LogP contribution is -2.32. The summed E-state index contributed by atoms with van der Waals surface area (Å²) < 4.78 is 14.3. The van der Waals surface area contributed by atoms with Crippen molar-refractivity contribution < 1.29 is 9.18 Å². The average Bonchev–Trinajstić information content (AvgIpc) is 3.11. The van der Waals surface area contributed by atoms with Gasteiger partial charge in [0, 0.05) is 54.1 Å². The van der Waals surface area contributed by atoms with E-state index in [4.69, 9.17) is 0 Å². The summed E-state index contributed by atoms with van der Waals surface area (Å²) in [5, 5.41) is 10.3. The maximum Gasteiger partial charge on any atom is 0.251 e. The quantitative estimate of drug-likeness (QED) is 0.729. The third-order valence-electron chi connectivity index (χ3n) is 4.81. The first kappa shape index (κ1) is 18.2. The minimum atomic E-state index is -0.292. The van der Waals surface area contributed by atoms with E-state index in [-0.39, 0.29) is 17.8 Å². The Balaban J connectivity index is 1.62. The number of H-pyrrole nitrogens is 1. The Morgan fingerprint density at radius 3 is 2.89 bits per heavy atom. The number of aromatic amines is 1. The summed E-state index contributed by atoms with van der Waals surface area (Å²) in [6, 6.07) is 10.2. The largest absolute Gasteiger partial charge is 0.352 e. The first-order chi connectivity index (χ1) is 13.5. The highest BCUT2D eigenvalue weighted by Gasteiger charge is 2.25. The van der Waals surface area contributed by atoms with Gasteiger partial charge in [-0.3, -0.25) is 9.89 Å². The number of nitrogens with one attached hydrogen (secondary N) is 2. The Bertz CT molecular complexity index is 1010. The summed E-state index contributed by atoms with van der Waals surface area (Å²) in [7, 11) is 0. The van der Waals surface area contributed by atoms with Crippen molar-refractivity contribution in [2.24, 2.45) is 0 Å². The van der Waals surface area contributed by atoms with Crippen molar-refractivity contribution in [2.75, 3.05) is 11.4 Å². The number of nitrogens with zero attached hydrogens (tertiary/aromatic N) is 3. The van der Waals surface area contributed by atoms with Crippen LogP contribution >= 0.6 is 0 Å². The van der Waals surface area contributed by atoms with Gasteiger partial charge in [0.1, 0.15) is 17.3 Å². The van der Waals surface area contributed by atoms with E-state index in [1.54, 1.807) is 36.5 Å². The molecule has 1 aliphatic heterocycles. The fourth-order valence-corrected chi connectivity index (χ4v) is 3.44. The fourth-order valence-electron chi connectivity index (χ4n) is 3.44. The molecule has 144 valence electrons. The zero-order valence-corrected chi connectivity index (χ0v) is 15.9. The highest BCUT2D eigenvalue weighted by Crippen LogP contribution is 2.31. The third kappa shape index (κ3) is 3.47. The number of carbonyl (C=O) groups excluding carboxylic acids is 1. The van der Waals surface area contributed by atoms with E-state index in [0.29, 0.717) is 23.4 Å². The molecule has 3 heterocycles. The SMILES string of the molecule is CC(C)NC(=O)c1ccnc(N2CCc3[nH]nc(-c4ccccc4F)c3C2)c1. The van der Waals surface area contributed by atoms with Crippen molar-refractivity contribution >= 4 is 11.7 Å². The van der Waals surface area contributed by atoms with Crippen molar-refractivity contribution in [1.82, 2.24) is 20.5 Å². The van der Waals surface area contributed by atoms with Crippen LogP contribution in [0.15, 0.2) is 42.6 Å². The van der Waals surface area contributed by atoms with Gasteiger partial charge >= 0.3 is 0 Å². The number of hydrogen-bond donors (Lipinski definition) is 2. The summed E-state index contributed by atoms with van der Waals surface area (Å²) in [5.74, 6) is 0.314. The van der Waals surface area contributed by atoms with E-state index in [1.165, 1.54) is 6.07 Å². The minimum Gasteiger partial charge on any atom is -0.352 e. The van der Waals surface area contributed by atoms with Crippen LogP contribution in [0.2, 0.25) is 0 Å². The molecule has 0 bridgehead atoms. The molecule has 0 spiro atoms. The highest BCUT2D eigenvalue weighted by atomic mass is 19.1. The molecule has 0 radical (unpaired) electrons. The first-order valence-corrected chi connectivity index (χ1v) is 9.36. The second-order valence-electron chi connectivity index (χ2n) is 7.21. The van der Waals surface area contributed by atoms with Crippen LogP contribution < -0.4 is 10.2 Å². The number of rotatable bonds is 4. The summed E-state index contributed by atoms with van der Waals surface area (Å²) in [5.41, 5.74) is 3.68. The second kappa shape index (κ2) is 7.42. The molecule has 1 aliphatic rings. The van der Waals surface area contributed by atoms with E-state index < -0.39 is 0 Å². The fraction of sp³-hybridized carbons (Fsp3) is 0.286. The molecule has 3 aromatic rings. The number of aromatic nitrogens is 3. The molecule has 0 unspecified atom stereocenters. The zero-order chi connectivity index (χ0) is 19.7. The monoisotopic (exact) mass is 379 g/mol. The molecular weight excluding hydrogens is 357 g/mol. The molecule has 0 saturated heterocycles. The number of hydrogen-bond acceptors (Lipinski definition) is 4. The van der Waals surface area contributed by atoms with Gasteiger partial charge in [-0.2, -0.15) is 5.10 Å². The van der Waals surface area contributed by atoms with Crippen LogP contribution in [0, 0.1) is 5.82 Å². The van der Waals surface area contributed by atoms with Crippen molar-refractivity contribution in [2.45, 2.75) is 32.9 Å². The lowest BCUT2D eigenvalue weighted by atomic mass is 10.0. The van der Waals surface area contributed by atoms with Crippen molar-refractivity contribution in [3.05, 3.63) is 65.2 Å². The van der Waals surface area contributed by atoms with Crippen molar-refractivity contribution in [3.63, 3.8) is 0 Å². The molecule has 1 aromatic carbocycles. The molecule has 2 N–H and O–H groups in total. The van der Waals surface area contributed by atoms with Crippen LogP contribution in [0.3, 0.4) is 0 Å². The predicted octanol–water partition coefficient (Wildman–Crippen LogP) is 3.31. The topological polar surface area (TPSA) is 73.9 Å². The molecular formula is C21H22FN5O. The number of fused-ring (bicyclic) bond motifs is 1. The number of benzene rings is 1. The number of anilines is 1. The highest BCUT2D eigenvalue weighted by molar-refractivity contribution is 5.95. The standard InChI is InChI=1S/C21H22FN5O/c1-13(2)24-21(28)14-7-9-23-19(11-14)27-10-8-18-16(12-27)20(26-25-18)15-5-3-4-6-17(15)22/h3-7,9,11,13H,8,10,12H2,1-2H3,(H,24,28)(H,25,26). The average molecular weight is 379 g/mol. The van der Waals surface area contributed by atoms with E-state index in [0.717, 1.165) is 30.0 Å². The predicted molar refractivity (Wildman–Crippen MR) is 106 cm³/mol. The molecule has 0 saturated carbocycles. The van der Waals surface area contributed by atoms with Crippen molar-refractivity contribution in [3.8, 4) is 11.3 Å². The number of halogens is 1. The zero-order valence-electron chi connectivity index (χ0n) is 15.9. The van der Waals surface area contributed by atoms with Crippen LogP contribution in [-0.4, -0.2) is 33.7 Å². The second-order valence-corrected chi connectivity index (χ2v) is 7.21. The van der Waals surface area contributed by atoms with Crippen LogP contribution in [0.1, 0.15) is 35.5 Å². The van der Waals surface area contributed by atoms with Gasteiger partial charge in [0.15, 0.2) is 0 Å². The van der Waals surface area contributed by atoms with E-state index in [1.807, 2.05) is 13.8 Å². The summed E-state index contributed by atoms with van der Waals surface area (Å²) in [6.07, 6.45) is 2.40. The summed E-state index contributed by atoms with van der Waals surface area (Å²) >= 11 is 0. The van der Waals surface area contributed by atoms with Gasteiger partial charge in [-0.25, -0.2) is 9.37 Å². The Morgan fingerprint density at radius 1 is 1.29 bits per heavy atom. The lowest BCUT2D eigenvalue weighted by molar-refractivity contribution is 0.0943. The number of carbonyl (C=O) groups is 1. The molecule has 0 fully saturated rings. The molecule has 0 aliphatic carbocycles. The normalized spacial score (nSPS) is 13.5. The van der Waals surface area contributed by atoms with Crippen LogP contribution in [0.5, 0.6) is 0 Å². The summed E-state index contributed by atoms with van der Waals surface area (Å²) in [4.78, 5) is 18.8. The van der Waals surface area contributed by atoms with Gasteiger partial charge in [-0.1, -0.05) is 12.1 Å². The Labute approximate surface area is 162 Å². The van der Waals surface area contributed by atoms with Crippen LogP contribution in [0.4, 0.5) is 10.2 Å². The Kier molecular flexibility index (Phi) is 4.81. The molecule has 6 nitrogen and oxygen atoms in total. The minimum absolute atomic E-state index is 0.0657.